The van der Waals surface area contributed by atoms with Gasteiger partial charge in [-0.2, -0.15) is 12.9 Å². The van der Waals surface area contributed by atoms with Gasteiger partial charge in [0.25, 0.3) is 10.1 Å². The van der Waals surface area contributed by atoms with Crippen LogP contribution in [0.3, 0.4) is 0 Å². The standard InChI is InChI=1S/C17H15N5O4S/c1-25-27(23,24)10-13-6-4-5-12(19-13)9-26-17-15-8-3-2-7-14(15)16-20-18-11-22(16)21-17/h2-8,11H,9-10H2,1H3. The van der Waals surface area contributed by atoms with Gasteiger partial charge in [-0.25, -0.2) is 0 Å². The van der Waals surface area contributed by atoms with Crippen LogP contribution in [-0.4, -0.2) is 40.3 Å². The van der Waals surface area contributed by atoms with Crippen molar-refractivity contribution in [1.82, 2.24) is 24.8 Å². The van der Waals surface area contributed by atoms with Crippen molar-refractivity contribution >= 4 is 26.5 Å². The van der Waals surface area contributed by atoms with E-state index in [4.69, 9.17) is 4.74 Å². The highest BCUT2D eigenvalue weighted by Crippen LogP contribution is 2.26. The Bertz CT molecular complexity index is 1220. The molecule has 0 N–H and O–H groups in total. The zero-order valence-corrected chi connectivity index (χ0v) is 15.1. The second kappa shape index (κ2) is 6.89. The molecule has 3 aromatic heterocycles. The van der Waals surface area contributed by atoms with E-state index < -0.39 is 10.1 Å². The smallest absolute Gasteiger partial charge is 0.272 e. The van der Waals surface area contributed by atoms with E-state index in [2.05, 4.69) is 24.5 Å². The molecule has 3 heterocycles. The Labute approximate surface area is 154 Å². The molecule has 0 amide bonds. The summed E-state index contributed by atoms with van der Waals surface area (Å²) in [7, 11) is -2.51. The van der Waals surface area contributed by atoms with Crippen LogP contribution in [0.25, 0.3) is 16.4 Å². The van der Waals surface area contributed by atoms with E-state index in [1.54, 1.807) is 22.7 Å². The highest BCUT2D eigenvalue weighted by molar-refractivity contribution is 7.85. The molecule has 0 bridgehead atoms. The van der Waals surface area contributed by atoms with Crippen LogP contribution in [-0.2, 0) is 26.7 Å². The number of ether oxygens (including phenoxy) is 1. The van der Waals surface area contributed by atoms with Crippen molar-refractivity contribution in [1.29, 1.82) is 0 Å². The fourth-order valence-corrected chi connectivity index (χ4v) is 3.32. The molecule has 0 aliphatic heterocycles. The number of rotatable bonds is 6. The van der Waals surface area contributed by atoms with Gasteiger partial charge in [0, 0.05) is 10.8 Å². The van der Waals surface area contributed by atoms with Crippen molar-refractivity contribution in [2.45, 2.75) is 12.4 Å². The van der Waals surface area contributed by atoms with E-state index in [1.165, 1.54) is 6.33 Å². The Morgan fingerprint density at radius 3 is 2.63 bits per heavy atom. The molecule has 0 aliphatic carbocycles. The van der Waals surface area contributed by atoms with E-state index >= 15 is 0 Å². The molecular weight excluding hydrogens is 370 g/mol. The molecule has 0 unspecified atom stereocenters. The Morgan fingerprint density at radius 1 is 1.04 bits per heavy atom. The number of pyridine rings is 1. The van der Waals surface area contributed by atoms with Crippen molar-refractivity contribution in [2.75, 3.05) is 7.11 Å². The number of fused-ring (bicyclic) bond motifs is 3. The lowest BCUT2D eigenvalue weighted by atomic mass is 10.2. The minimum absolute atomic E-state index is 0.130. The summed E-state index contributed by atoms with van der Waals surface area (Å²) in [5.41, 5.74) is 1.60. The van der Waals surface area contributed by atoms with Crippen LogP contribution in [0.4, 0.5) is 0 Å². The maximum atomic E-state index is 11.6. The van der Waals surface area contributed by atoms with Gasteiger partial charge >= 0.3 is 0 Å². The summed E-state index contributed by atoms with van der Waals surface area (Å²) in [5.74, 6) is 0.111. The first-order chi connectivity index (χ1) is 13.1. The third-order valence-electron chi connectivity index (χ3n) is 3.93. The Hall–Kier alpha value is -3.11. The maximum absolute atomic E-state index is 11.6. The van der Waals surface area contributed by atoms with Crippen LogP contribution in [0, 0.1) is 0 Å². The Morgan fingerprint density at radius 2 is 1.81 bits per heavy atom. The van der Waals surface area contributed by atoms with Gasteiger partial charge in [-0.1, -0.05) is 24.3 Å². The molecular formula is C17H15N5O4S. The first-order valence-electron chi connectivity index (χ1n) is 8.00. The molecule has 0 fully saturated rings. The van der Waals surface area contributed by atoms with E-state index in [0.717, 1.165) is 17.9 Å². The number of nitrogens with zero attached hydrogens (tertiary/aromatic N) is 5. The topological polar surface area (TPSA) is 109 Å². The fourth-order valence-electron chi connectivity index (χ4n) is 2.68. The first-order valence-corrected chi connectivity index (χ1v) is 9.58. The highest BCUT2D eigenvalue weighted by atomic mass is 32.2. The lowest BCUT2D eigenvalue weighted by Crippen LogP contribution is -2.09. The monoisotopic (exact) mass is 385 g/mol. The van der Waals surface area contributed by atoms with Gasteiger partial charge in [0.1, 0.15) is 18.7 Å². The largest absolute Gasteiger partial charge is 0.470 e. The SMILES string of the molecule is COS(=O)(=O)Cc1cccc(COc2nn3cnnc3c3ccccc23)n1. The molecule has 4 rings (SSSR count). The normalized spacial score (nSPS) is 11.9. The summed E-state index contributed by atoms with van der Waals surface area (Å²) in [5, 5.41) is 14.0. The van der Waals surface area contributed by atoms with Gasteiger partial charge in [0.2, 0.25) is 5.88 Å². The number of aromatic nitrogens is 5. The van der Waals surface area contributed by atoms with Crippen LogP contribution in [0.1, 0.15) is 11.4 Å². The summed E-state index contributed by atoms with van der Waals surface area (Å²) in [6.07, 6.45) is 1.50. The number of hydrogen-bond acceptors (Lipinski definition) is 8. The fraction of sp³-hybridized carbons (Fsp3) is 0.176. The molecule has 0 saturated carbocycles. The van der Waals surface area contributed by atoms with Gasteiger partial charge in [-0.05, 0) is 18.2 Å². The molecule has 10 heteroatoms. The van der Waals surface area contributed by atoms with E-state index in [-0.39, 0.29) is 12.4 Å². The predicted octanol–water partition coefficient (Wildman–Crippen LogP) is 1.73. The number of benzene rings is 1. The highest BCUT2D eigenvalue weighted by Gasteiger charge is 2.13. The van der Waals surface area contributed by atoms with Crippen LogP contribution in [0.5, 0.6) is 5.88 Å². The van der Waals surface area contributed by atoms with Crippen molar-refractivity contribution in [3.63, 3.8) is 0 Å². The molecule has 1 aromatic carbocycles. The third kappa shape index (κ3) is 3.57. The summed E-state index contributed by atoms with van der Waals surface area (Å²) >= 11 is 0. The van der Waals surface area contributed by atoms with Crippen molar-refractivity contribution in [2.24, 2.45) is 0 Å². The Balaban J connectivity index is 1.62. The predicted molar refractivity (Wildman–Crippen MR) is 96.5 cm³/mol. The zero-order valence-electron chi connectivity index (χ0n) is 14.3. The van der Waals surface area contributed by atoms with Gasteiger partial charge < -0.3 is 4.74 Å². The molecule has 138 valence electrons. The lowest BCUT2D eigenvalue weighted by Gasteiger charge is -2.09. The molecule has 0 atom stereocenters. The van der Waals surface area contributed by atoms with Crippen molar-refractivity contribution in [3.05, 3.63) is 60.2 Å². The van der Waals surface area contributed by atoms with Gasteiger partial charge in [0.15, 0.2) is 5.65 Å². The lowest BCUT2D eigenvalue weighted by molar-refractivity contribution is 0.288. The summed E-state index contributed by atoms with van der Waals surface area (Å²) < 4.78 is 35.1. The molecule has 27 heavy (non-hydrogen) atoms. The molecule has 4 aromatic rings. The van der Waals surface area contributed by atoms with Gasteiger partial charge in [-0.15, -0.1) is 15.3 Å². The molecule has 0 spiro atoms. The van der Waals surface area contributed by atoms with Crippen molar-refractivity contribution < 1.29 is 17.3 Å². The number of hydrogen-bond donors (Lipinski definition) is 0. The van der Waals surface area contributed by atoms with E-state index in [0.29, 0.717) is 22.9 Å². The van der Waals surface area contributed by atoms with Crippen molar-refractivity contribution in [3.8, 4) is 5.88 Å². The zero-order chi connectivity index (χ0) is 18.9. The average molecular weight is 385 g/mol. The summed E-state index contributed by atoms with van der Waals surface area (Å²) in [6.45, 7) is 0.130. The first kappa shape index (κ1) is 17.3. The van der Waals surface area contributed by atoms with Crippen LogP contribution < -0.4 is 4.74 Å². The van der Waals surface area contributed by atoms with Gasteiger partial charge in [0.05, 0.1) is 18.5 Å². The second-order valence-electron chi connectivity index (χ2n) is 5.73. The van der Waals surface area contributed by atoms with E-state index in [1.807, 2.05) is 24.3 Å². The summed E-state index contributed by atoms with van der Waals surface area (Å²) in [6, 6.07) is 12.7. The van der Waals surface area contributed by atoms with Crippen LogP contribution >= 0.6 is 0 Å². The van der Waals surface area contributed by atoms with Gasteiger partial charge in [-0.3, -0.25) is 9.17 Å². The maximum Gasteiger partial charge on any atom is 0.272 e. The minimum Gasteiger partial charge on any atom is -0.470 e. The third-order valence-corrected chi connectivity index (χ3v) is 5.08. The molecule has 0 radical (unpaired) electrons. The molecule has 0 aliphatic rings. The van der Waals surface area contributed by atoms with Crippen LogP contribution in [0.2, 0.25) is 0 Å². The minimum atomic E-state index is -3.64. The second-order valence-corrected chi connectivity index (χ2v) is 7.46. The summed E-state index contributed by atoms with van der Waals surface area (Å²) in [4.78, 5) is 4.31. The average Bonchev–Trinajstić information content (AvgIpc) is 3.15. The van der Waals surface area contributed by atoms with Crippen LogP contribution in [0.15, 0.2) is 48.8 Å². The molecule has 0 saturated heterocycles. The quantitative estimate of drug-likeness (QED) is 0.462. The van der Waals surface area contributed by atoms with E-state index in [9.17, 15) is 8.42 Å². The molecule has 9 nitrogen and oxygen atoms in total. The Kier molecular flexibility index (Phi) is 4.42.